The van der Waals surface area contributed by atoms with Crippen molar-refractivity contribution in [1.82, 2.24) is 10.6 Å². The standard InChI is InChI=1S/C45H46Cl2N4O9/c1-45(2,3)60-41(56)25-33(37(52)28-59-44(58)42-31(46)17-12-18-32(42)47)48-39(54)27-51-36-20-11-10-19-35(36)50(40(55)24-22-30-15-8-5-9-16-30)26-34(43(51)57)49-38(53)23-21-29-13-6-4-7-14-29/h4-20,33-34H,21-28H2,1-3H3,(H,48,54)(H,49,53)/t33?,34-/m0/s1. The van der Waals surface area contributed by atoms with Gasteiger partial charge in [0.1, 0.15) is 24.2 Å². The number of halogens is 2. The zero-order valence-electron chi connectivity index (χ0n) is 33.5. The van der Waals surface area contributed by atoms with E-state index in [9.17, 15) is 33.6 Å². The van der Waals surface area contributed by atoms with E-state index < -0.39 is 72.7 Å². The number of carbonyl (C=O) groups is 7. The maximum Gasteiger partial charge on any atom is 0.341 e. The second-order valence-electron chi connectivity index (χ2n) is 15.1. The van der Waals surface area contributed by atoms with Gasteiger partial charge in [-0.1, -0.05) is 102 Å². The molecule has 60 heavy (non-hydrogen) atoms. The molecule has 4 amide bonds. The third-order valence-electron chi connectivity index (χ3n) is 9.31. The number of Topliss-reactive ketones (excluding diaryl/α,β-unsaturated/α-hetero) is 1. The second kappa shape index (κ2) is 20.8. The molecule has 0 saturated heterocycles. The summed E-state index contributed by atoms with van der Waals surface area (Å²) < 4.78 is 10.6. The molecule has 1 heterocycles. The van der Waals surface area contributed by atoms with Crippen molar-refractivity contribution < 1.29 is 43.0 Å². The highest BCUT2D eigenvalue weighted by molar-refractivity contribution is 6.39. The third-order valence-corrected chi connectivity index (χ3v) is 9.94. The number of amides is 4. The van der Waals surface area contributed by atoms with E-state index in [0.717, 1.165) is 16.0 Å². The number of fused-ring (bicyclic) bond motifs is 1. The highest BCUT2D eigenvalue weighted by Gasteiger charge is 2.38. The molecule has 4 aromatic carbocycles. The molecule has 5 rings (SSSR count). The van der Waals surface area contributed by atoms with Gasteiger partial charge in [-0.05, 0) is 69.0 Å². The monoisotopic (exact) mass is 856 g/mol. The van der Waals surface area contributed by atoms with Crippen molar-refractivity contribution in [3.8, 4) is 0 Å². The molecule has 1 unspecified atom stereocenters. The Hall–Kier alpha value is -6.05. The van der Waals surface area contributed by atoms with Gasteiger partial charge in [0.15, 0.2) is 12.4 Å². The van der Waals surface area contributed by atoms with Gasteiger partial charge in [0.05, 0.1) is 39.9 Å². The van der Waals surface area contributed by atoms with Crippen molar-refractivity contribution >= 4 is 75.9 Å². The van der Waals surface area contributed by atoms with Gasteiger partial charge in [-0.3, -0.25) is 33.7 Å². The fourth-order valence-electron chi connectivity index (χ4n) is 6.47. The van der Waals surface area contributed by atoms with E-state index in [2.05, 4.69) is 10.6 Å². The maximum atomic E-state index is 14.5. The summed E-state index contributed by atoms with van der Waals surface area (Å²) in [7, 11) is 0. The first-order valence-electron chi connectivity index (χ1n) is 19.3. The molecule has 2 N–H and O–H groups in total. The van der Waals surface area contributed by atoms with Crippen LogP contribution in [0.3, 0.4) is 0 Å². The van der Waals surface area contributed by atoms with Crippen LogP contribution in [0.15, 0.2) is 103 Å². The smallest absolute Gasteiger partial charge is 0.341 e. The van der Waals surface area contributed by atoms with Crippen molar-refractivity contribution in [2.24, 2.45) is 0 Å². The van der Waals surface area contributed by atoms with Gasteiger partial charge in [-0.25, -0.2) is 4.79 Å². The Morgan fingerprint density at radius 3 is 1.92 bits per heavy atom. The van der Waals surface area contributed by atoms with Crippen LogP contribution in [0, 0.1) is 0 Å². The van der Waals surface area contributed by atoms with E-state index in [4.69, 9.17) is 32.7 Å². The number of benzene rings is 4. The highest BCUT2D eigenvalue weighted by atomic mass is 35.5. The molecule has 0 radical (unpaired) electrons. The minimum atomic E-state index is -1.57. The van der Waals surface area contributed by atoms with E-state index >= 15 is 0 Å². The first-order chi connectivity index (χ1) is 28.6. The van der Waals surface area contributed by atoms with Crippen molar-refractivity contribution in [2.75, 3.05) is 29.5 Å². The Bertz CT molecular complexity index is 2190. The molecule has 15 heteroatoms. The first-order valence-corrected chi connectivity index (χ1v) is 20.1. The summed E-state index contributed by atoms with van der Waals surface area (Å²) in [6.07, 6.45) is 0.308. The average Bonchev–Trinajstić information content (AvgIpc) is 3.31. The van der Waals surface area contributed by atoms with Crippen LogP contribution < -0.4 is 20.4 Å². The molecule has 1 aliphatic heterocycles. The Kier molecular flexibility index (Phi) is 15.6. The third kappa shape index (κ3) is 12.7. The number of anilines is 2. The highest BCUT2D eigenvalue weighted by Crippen LogP contribution is 2.33. The fourth-order valence-corrected chi connectivity index (χ4v) is 7.03. The van der Waals surface area contributed by atoms with Crippen molar-refractivity contribution in [3.63, 3.8) is 0 Å². The van der Waals surface area contributed by atoms with Crippen molar-refractivity contribution in [1.29, 1.82) is 0 Å². The van der Waals surface area contributed by atoms with E-state index in [-0.39, 0.29) is 46.6 Å². The summed E-state index contributed by atoms with van der Waals surface area (Å²) in [5, 5.41) is 5.28. The molecule has 4 aromatic rings. The second-order valence-corrected chi connectivity index (χ2v) is 15.9. The molecule has 0 aliphatic carbocycles. The average molecular weight is 858 g/mol. The molecule has 0 spiro atoms. The van der Waals surface area contributed by atoms with Crippen LogP contribution in [0.2, 0.25) is 10.0 Å². The van der Waals surface area contributed by atoms with E-state index in [1.165, 1.54) is 23.1 Å². The van der Waals surface area contributed by atoms with Crippen LogP contribution in [0.5, 0.6) is 0 Å². The number of ether oxygens (including phenoxy) is 2. The summed E-state index contributed by atoms with van der Waals surface area (Å²) in [6.45, 7) is 3.10. The van der Waals surface area contributed by atoms with Crippen molar-refractivity contribution in [3.05, 3.63) is 130 Å². The zero-order chi connectivity index (χ0) is 43.4. The molecular formula is C45H46Cl2N4O9. The van der Waals surface area contributed by atoms with Gasteiger partial charge in [0.2, 0.25) is 17.7 Å². The lowest BCUT2D eigenvalue weighted by Crippen LogP contribution is -2.55. The number of hydrogen-bond acceptors (Lipinski definition) is 9. The van der Waals surface area contributed by atoms with Gasteiger partial charge in [0.25, 0.3) is 5.91 Å². The summed E-state index contributed by atoms with van der Waals surface area (Å²) in [5.74, 6) is -5.03. The van der Waals surface area contributed by atoms with E-state index in [1.807, 2.05) is 60.7 Å². The topological polar surface area (TPSA) is 168 Å². The van der Waals surface area contributed by atoms with Gasteiger partial charge in [-0.2, -0.15) is 0 Å². The number of aryl methyl sites for hydroxylation is 2. The zero-order valence-corrected chi connectivity index (χ0v) is 35.0. The van der Waals surface area contributed by atoms with Crippen LogP contribution in [-0.2, 0) is 51.1 Å². The number of carbonyl (C=O) groups excluding carboxylic acids is 7. The largest absolute Gasteiger partial charge is 0.460 e. The number of ketones is 1. The lowest BCUT2D eigenvalue weighted by atomic mass is 10.1. The Balaban J connectivity index is 1.40. The van der Waals surface area contributed by atoms with Crippen LogP contribution in [0.25, 0.3) is 0 Å². The SMILES string of the molecule is CC(C)(C)OC(=O)CC(NC(=O)CN1C(=O)[C@@H](NC(=O)CCc2ccccc2)CN(C(=O)CCc2ccccc2)c2ccccc21)C(=O)COC(=O)c1c(Cl)cccc1Cl. The summed E-state index contributed by atoms with van der Waals surface area (Å²) >= 11 is 12.3. The molecule has 314 valence electrons. The van der Waals surface area contributed by atoms with Gasteiger partial charge < -0.3 is 25.0 Å². The number of rotatable bonds is 16. The minimum absolute atomic E-state index is 0.0110. The van der Waals surface area contributed by atoms with Crippen molar-refractivity contribution in [2.45, 2.75) is 70.6 Å². The molecule has 0 fully saturated rings. The van der Waals surface area contributed by atoms with Crippen LogP contribution in [0.1, 0.15) is 61.5 Å². The molecule has 0 aromatic heterocycles. The predicted molar refractivity (Wildman–Crippen MR) is 227 cm³/mol. The Morgan fingerprint density at radius 2 is 1.32 bits per heavy atom. The summed E-state index contributed by atoms with van der Waals surface area (Å²) in [6, 6.07) is 26.8. The van der Waals surface area contributed by atoms with E-state index in [1.54, 1.807) is 45.0 Å². The summed E-state index contributed by atoms with van der Waals surface area (Å²) in [4.78, 5) is 97.8. The number of nitrogens with one attached hydrogen (secondary N) is 2. The molecule has 2 atom stereocenters. The van der Waals surface area contributed by atoms with Gasteiger partial charge in [-0.15, -0.1) is 0 Å². The fraction of sp³-hybridized carbons (Fsp3) is 0.311. The molecular weight excluding hydrogens is 811 g/mol. The number of nitrogens with zero attached hydrogens (tertiary/aromatic N) is 2. The lowest BCUT2D eigenvalue weighted by Gasteiger charge is -2.26. The Morgan fingerprint density at radius 1 is 0.750 bits per heavy atom. The number of para-hydroxylation sites is 2. The lowest BCUT2D eigenvalue weighted by molar-refractivity contribution is -0.156. The maximum absolute atomic E-state index is 14.5. The molecule has 0 bridgehead atoms. The van der Waals surface area contributed by atoms with Crippen LogP contribution in [-0.4, -0.2) is 78.7 Å². The quantitative estimate of drug-likeness (QED) is 0.127. The molecule has 13 nitrogen and oxygen atoms in total. The predicted octanol–water partition coefficient (Wildman–Crippen LogP) is 6.07. The Labute approximate surface area is 358 Å². The molecule has 0 saturated carbocycles. The minimum Gasteiger partial charge on any atom is -0.460 e. The van der Waals surface area contributed by atoms with Crippen LogP contribution in [0.4, 0.5) is 11.4 Å². The molecule has 1 aliphatic rings. The van der Waals surface area contributed by atoms with Gasteiger partial charge >= 0.3 is 11.9 Å². The van der Waals surface area contributed by atoms with Crippen LogP contribution >= 0.6 is 23.2 Å². The first kappa shape index (κ1) is 45.0. The normalized spacial score (nSPS) is 14.3. The number of hydrogen-bond donors (Lipinski definition) is 2. The number of esters is 2. The summed E-state index contributed by atoms with van der Waals surface area (Å²) in [5.41, 5.74) is 1.27. The van der Waals surface area contributed by atoms with E-state index in [0.29, 0.717) is 18.5 Å². The van der Waals surface area contributed by atoms with Gasteiger partial charge in [0, 0.05) is 12.8 Å².